The number of carbonyl (C=O) groups is 2. The van der Waals surface area contributed by atoms with Gasteiger partial charge in [0.2, 0.25) is 5.91 Å². The summed E-state index contributed by atoms with van der Waals surface area (Å²) in [7, 11) is 1.48. The first-order chi connectivity index (χ1) is 12.0. The molecule has 9 heteroatoms. The van der Waals surface area contributed by atoms with Crippen molar-refractivity contribution in [2.24, 2.45) is 10.8 Å². The number of nitrogens with two attached hydrogens (primary N) is 1. The Labute approximate surface area is 148 Å². The number of hydrazone groups is 1. The molecule has 0 saturated heterocycles. The van der Waals surface area contributed by atoms with E-state index in [9.17, 15) is 9.59 Å². The van der Waals surface area contributed by atoms with Crippen molar-refractivity contribution in [3.05, 3.63) is 39.8 Å². The van der Waals surface area contributed by atoms with Gasteiger partial charge in [-0.3, -0.25) is 9.59 Å². The Balaban J connectivity index is 1.93. The van der Waals surface area contributed by atoms with Crippen LogP contribution in [0.2, 0.25) is 0 Å². The lowest BCUT2D eigenvalue weighted by atomic mass is 10.2. The first-order valence-electron chi connectivity index (χ1n) is 7.30. The molecule has 0 spiro atoms. The number of primary amides is 1. The SMILES string of the molecule is COc1cc(/C=N\NC(=O)Cc2nc(C)cs2)ccc1OCC(N)=O. The van der Waals surface area contributed by atoms with E-state index in [0.717, 1.165) is 10.7 Å². The fourth-order valence-corrected chi connectivity index (χ4v) is 2.64. The Hall–Kier alpha value is -2.94. The van der Waals surface area contributed by atoms with E-state index < -0.39 is 5.91 Å². The molecule has 2 amide bonds. The second-order valence-electron chi connectivity index (χ2n) is 5.02. The van der Waals surface area contributed by atoms with Crippen LogP contribution in [0, 0.1) is 6.92 Å². The Kier molecular flexibility index (Phi) is 6.47. The van der Waals surface area contributed by atoms with Gasteiger partial charge in [0.05, 0.1) is 19.7 Å². The van der Waals surface area contributed by atoms with Crippen LogP contribution in [0.1, 0.15) is 16.3 Å². The Morgan fingerprint density at radius 1 is 1.40 bits per heavy atom. The minimum atomic E-state index is -0.578. The Bertz CT molecular complexity index is 788. The van der Waals surface area contributed by atoms with Gasteiger partial charge in [0, 0.05) is 11.1 Å². The van der Waals surface area contributed by atoms with Gasteiger partial charge in [0.1, 0.15) is 5.01 Å². The third kappa shape index (κ3) is 5.88. The molecule has 2 rings (SSSR count). The van der Waals surface area contributed by atoms with Crippen LogP contribution in [0.4, 0.5) is 0 Å². The maximum absolute atomic E-state index is 11.8. The minimum absolute atomic E-state index is 0.180. The quantitative estimate of drug-likeness (QED) is 0.537. The van der Waals surface area contributed by atoms with Gasteiger partial charge in [-0.15, -0.1) is 11.3 Å². The number of aromatic nitrogens is 1. The van der Waals surface area contributed by atoms with E-state index in [-0.39, 0.29) is 18.9 Å². The number of benzene rings is 1. The number of methoxy groups -OCH3 is 1. The zero-order valence-corrected chi connectivity index (χ0v) is 14.6. The predicted octanol–water partition coefficient (Wildman–Crippen LogP) is 1.02. The molecule has 0 atom stereocenters. The van der Waals surface area contributed by atoms with Gasteiger partial charge < -0.3 is 15.2 Å². The van der Waals surface area contributed by atoms with Gasteiger partial charge in [-0.25, -0.2) is 10.4 Å². The van der Waals surface area contributed by atoms with Gasteiger partial charge >= 0.3 is 0 Å². The lowest BCUT2D eigenvalue weighted by molar-refractivity contribution is -0.121. The van der Waals surface area contributed by atoms with Crippen molar-refractivity contribution >= 4 is 29.4 Å². The fourth-order valence-electron chi connectivity index (χ4n) is 1.87. The summed E-state index contributed by atoms with van der Waals surface area (Å²) in [5.41, 5.74) is 9.07. The van der Waals surface area contributed by atoms with Crippen molar-refractivity contribution < 1.29 is 19.1 Å². The van der Waals surface area contributed by atoms with Crippen LogP contribution in [0.15, 0.2) is 28.7 Å². The molecule has 1 heterocycles. The normalized spacial score (nSPS) is 10.6. The molecule has 25 heavy (non-hydrogen) atoms. The molecule has 0 aliphatic heterocycles. The van der Waals surface area contributed by atoms with Crippen molar-refractivity contribution in [2.45, 2.75) is 13.3 Å². The number of ether oxygens (including phenoxy) is 2. The van der Waals surface area contributed by atoms with Crippen molar-refractivity contribution in [2.75, 3.05) is 13.7 Å². The van der Waals surface area contributed by atoms with Gasteiger partial charge in [-0.2, -0.15) is 5.10 Å². The second-order valence-corrected chi connectivity index (χ2v) is 5.96. The third-order valence-electron chi connectivity index (χ3n) is 2.94. The maximum Gasteiger partial charge on any atom is 0.255 e. The number of rotatable bonds is 8. The second kappa shape index (κ2) is 8.78. The molecule has 0 fully saturated rings. The van der Waals surface area contributed by atoms with Crippen LogP contribution < -0.4 is 20.6 Å². The van der Waals surface area contributed by atoms with Gasteiger partial charge in [-0.1, -0.05) is 0 Å². The molecule has 1 aromatic carbocycles. The molecular formula is C16H18N4O4S. The lowest BCUT2D eigenvalue weighted by Crippen LogP contribution is -2.20. The van der Waals surface area contributed by atoms with Crippen LogP contribution >= 0.6 is 11.3 Å². The smallest absolute Gasteiger partial charge is 0.255 e. The molecule has 3 N–H and O–H groups in total. The summed E-state index contributed by atoms with van der Waals surface area (Å²) in [5.74, 6) is -0.0128. The topological polar surface area (TPSA) is 116 Å². The number of carbonyl (C=O) groups excluding carboxylic acids is 2. The van der Waals surface area contributed by atoms with Crippen molar-refractivity contribution in [3.8, 4) is 11.5 Å². The number of aryl methyl sites for hydroxylation is 1. The van der Waals surface area contributed by atoms with Crippen LogP contribution in [-0.4, -0.2) is 36.7 Å². The molecule has 0 aliphatic rings. The van der Waals surface area contributed by atoms with Crippen LogP contribution in [0.3, 0.4) is 0 Å². The zero-order chi connectivity index (χ0) is 18.2. The van der Waals surface area contributed by atoms with E-state index in [4.69, 9.17) is 15.2 Å². The molecule has 0 aliphatic carbocycles. The minimum Gasteiger partial charge on any atom is -0.493 e. The van der Waals surface area contributed by atoms with Crippen LogP contribution in [0.25, 0.3) is 0 Å². The summed E-state index contributed by atoms with van der Waals surface area (Å²) >= 11 is 1.43. The predicted molar refractivity (Wildman–Crippen MR) is 94.0 cm³/mol. The number of nitrogens with one attached hydrogen (secondary N) is 1. The number of hydrogen-bond acceptors (Lipinski definition) is 7. The summed E-state index contributed by atoms with van der Waals surface area (Å²) in [6.45, 7) is 1.64. The molecule has 8 nitrogen and oxygen atoms in total. The molecule has 0 unspecified atom stereocenters. The number of thiazole rings is 1. The van der Waals surface area contributed by atoms with E-state index in [1.165, 1.54) is 24.7 Å². The van der Waals surface area contributed by atoms with Gasteiger partial charge in [0.25, 0.3) is 5.91 Å². The van der Waals surface area contributed by atoms with Crippen molar-refractivity contribution in [3.63, 3.8) is 0 Å². The van der Waals surface area contributed by atoms with Crippen LogP contribution in [-0.2, 0) is 16.0 Å². The highest BCUT2D eigenvalue weighted by atomic mass is 32.1. The fraction of sp³-hybridized carbons (Fsp3) is 0.250. The summed E-state index contributed by atoms with van der Waals surface area (Å²) < 4.78 is 10.4. The van der Waals surface area contributed by atoms with E-state index in [1.807, 2.05) is 12.3 Å². The third-order valence-corrected chi connectivity index (χ3v) is 3.91. The van der Waals surface area contributed by atoms with E-state index in [0.29, 0.717) is 17.1 Å². The lowest BCUT2D eigenvalue weighted by Gasteiger charge is -2.09. The molecule has 0 saturated carbocycles. The zero-order valence-electron chi connectivity index (χ0n) is 13.8. The number of nitrogens with zero attached hydrogens (tertiary/aromatic N) is 2. The largest absolute Gasteiger partial charge is 0.493 e. The highest BCUT2D eigenvalue weighted by Gasteiger charge is 2.07. The first-order valence-corrected chi connectivity index (χ1v) is 8.18. The number of amides is 2. The molecule has 1 aromatic heterocycles. The Morgan fingerprint density at radius 2 is 2.20 bits per heavy atom. The van der Waals surface area contributed by atoms with Crippen molar-refractivity contribution in [1.82, 2.24) is 10.4 Å². The number of hydrogen-bond donors (Lipinski definition) is 2. The summed E-state index contributed by atoms with van der Waals surface area (Å²) in [5, 5.41) is 6.53. The summed E-state index contributed by atoms with van der Waals surface area (Å²) in [4.78, 5) is 26.8. The summed E-state index contributed by atoms with van der Waals surface area (Å²) in [6, 6.07) is 5.00. The molecular weight excluding hydrogens is 344 g/mol. The van der Waals surface area contributed by atoms with Crippen LogP contribution in [0.5, 0.6) is 11.5 Å². The van der Waals surface area contributed by atoms with Gasteiger partial charge in [-0.05, 0) is 30.7 Å². The summed E-state index contributed by atoms with van der Waals surface area (Å²) in [6.07, 6.45) is 1.66. The molecule has 132 valence electrons. The highest BCUT2D eigenvalue weighted by molar-refractivity contribution is 7.09. The molecule has 0 bridgehead atoms. The maximum atomic E-state index is 11.8. The van der Waals surface area contributed by atoms with Gasteiger partial charge in [0.15, 0.2) is 18.1 Å². The van der Waals surface area contributed by atoms with E-state index in [2.05, 4.69) is 15.5 Å². The monoisotopic (exact) mass is 362 g/mol. The average molecular weight is 362 g/mol. The standard InChI is InChI=1S/C16H18N4O4S/c1-10-9-25-16(19-10)6-15(22)20-18-7-11-3-4-12(13(5-11)23-2)24-8-14(17)21/h3-5,7,9H,6,8H2,1-2H3,(H2,17,21)(H,20,22)/b18-7-. The van der Waals surface area contributed by atoms with E-state index >= 15 is 0 Å². The molecule has 0 radical (unpaired) electrons. The Morgan fingerprint density at radius 3 is 2.84 bits per heavy atom. The molecule has 2 aromatic rings. The van der Waals surface area contributed by atoms with Crippen molar-refractivity contribution in [1.29, 1.82) is 0 Å². The average Bonchev–Trinajstić information content (AvgIpc) is 2.98. The first kappa shape index (κ1) is 18.4. The highest BCUT2D eigenvalue weighted by Crippen LogP contribution is 2.27. The van der Waals surface area contributed by atoms with E-state index in [1.54, 1.807) is 18.2 Å².